The van der Waals surface area contributed by atoms with Gasteiger partial charge in [0.25, 0.3) is 0 Å². The number of carbonyl (C=O) groups excluding carboxylic acids is 1. The second-order valence-electron chi connectivity index (χ2n) is 9.19. The molecule has 0 spiro atoms. The standard InChI is InChI=1S/C25H28ClN3O4S2/c1-16-7-8-17(2)23-22(16)27-25(34-23)28(15-19-5-4-14-33-19)24(30)21-6-3-13-29(21)35(31,32)20-11-9-18(26)10-12-20/h7-12,19,21H,3-6,13-15H2,1-2H3. The van der Waals surface area contributed by atoms with Crippen LogP contribution in [0.4, 0.5) is 5.13 Å². The van der Waals surface area contributed by atoms with Crippen molar-refractivity contribution in [2.24, 2.45) is 0 Å². The van der Waals surface area contributed by atoms with Crippen molar-refractivity contribution in [2.45, 2.75) is 56.6 Å². The number of anilines is 1. The molecule has 35 heavy (non-hydrogen) atoms. The number of hydrogen-bond acceptors (Lipinski definition) is 6. The smallest absolute Gasteiger partial charge is 0.247 e. The summed E-state index contributed by atoms with van der Waals surface area (Å²) in [6.07, 6.45) is 2.82. The molecule has 10 heteroatoms. The van der Waals surface area contributed by atoms with Gasteiger partial charge in [0.2, 0.25) is 15.9 Å². The largest absolute Gasteiger partial charge is 0.376 e. The summed E-state index contributed by atoms with van der Waals surface area (Å²) in [5, 5.41) is 1.05. The Kier molecular flexibility index (Phi) is 6.89. The number of nitrogens with zero attached hydrogens (tertiary/aromatic N) is 3. The van der Waals surface area contributed by atoms with E-state index >= 15 is 0 Å². The lowest BCUT2D eigenvalue weighted by Gasteiger charge is -2.29. The summed E-state index contributed by atoms with van der Waals surface area (Å²) in [6, 6.07) is 9.38. The van der Waals surface area contributed by atoms with Gasteiger partial charge in [-0.3, -0.25) is 9.69 Å². The number of carbonyl (C=O) groups is 1. The zero-order chi connectivity index (χ0) is 24.7. The zero-order valence-corrected chi connectivity index (χ0v) is 22.1. The number of rotatable bonds is 6. The van der Waals surface area contributed by atoms with Crippen molar-refractivity contribution in [1.29, 1.82) is 0 Å². The molecule has 186 valence electrons. The first-order valence-corrected chi connectivity index (χ1v) is 14.5. The Morgan fingerprint density at radius 2 is 1.89 bits per heavy atom. The Morgan fingerprint density at radius 3 is 2.57 bits per heavy atom. The van der Waals surface area contributed by atoms with Crippen molar-refractivity contribution >= 4 is 54.2 Å². The normalized spacial score (nSPS) is 21.1. The van der Waals surface area contributed by atoms with Crippen molar-refractivity contribution in [3.05, 3.63) is 52.5 Å². The monoisotopic (exact) mass is 533 g/mol. The highest BCUT2D eigenvalue weighted by molar-refractivity contribution is 7.89. The van der Waals surface area contributed by atoms with Crippen LogP contribution in [-0.2, 0) is 19.6 Å². The first-order chi connectivity index (χ1) is 16.8. The molecule has 2 aliphatic rings. The first-order valence-electron chi connectivity index (χ1n) is 11.8. The fourth-order valence-corrected chi connectivity index (χ4v) is 7.72. The number of halogens is 1. The number of amides is 1. The molecule has 0 saturated carbocycles. The SMILES string of the molecule is Cc1ccc(C)c2sc(N(CC3CCCO3)C(=O)C3CCCN3S(=O)(=O)c3ccc(Cl)cc3)nc12. The van der Waals surface area contributed by atoms with E-state index < -0.39 is 16.1 Å². The minimum atomic E-state index is -3.85. The molecular weight excluding hydrogens is 506 g/mol. The van der Waals surface area contributed by atoms with Crippen LogP contribution in [0.15, 0.2) is 41.3 Å². The Labute approximate surface area is 214 Å². The van der Waals surface area contributed by atoms with E-state index in [-0.39, 0.29) is 16.9 Å². The second kappa shape index (κ2) is 9.78. The highest BCUT2D eigenvalue weighted by Crippen LogP contribution is 2.36. The number of aryl methyl sites for hydroxylation is 2. The number of fused-ring (bicyclic) bond motifs is 1. The van der Waals surface area contributed by atoms with Crippen LogP contribution in [0.3, 0.4) is 0 Å². The van der Waals surface area contributed by atoms with Gasteiger partial charge >= 0.3 is 0 Å². The lowest BCUT2D eigenvalue weighted by molar-refractivity contribution is -0.122. The summed E-state index contributed by atoms with van der Waals surface area (Å²) >= 11 is 7.44. The predicted octanol–water partition coefficient (Wildman–Crippen LogP) is 4.93. The van der Waals surface area contributed by atoms with E-state index in [1.165, 1.54) is 27.8 Å². The van der Waals surface area contributed by atoms with E-state index in [2.05, 4.69) is 6.07 Å². The molecule has 2 saturated heterocycles. The molecule has 2 aromatic carbocycles. The molecule has 2 unspecified atom stereocenters. The van der Waals surface area contributed by atoms with Crippen molar-refractivity contribution < 1.29 is 17.9 Å². The molecule has 1 amide bonds. The molecule has 0 N–H and O–H groups in total. The third-order valence-electron chi connectivity index (χ3n) is 6.75. The van der Waals surface area contributed by atoms with E-state index in [4.69, 9.17) is 21.3 Å². The van der Waals surface area contributed by atoms with Crippen LogP contribution in [0, 0.1) is 13.8 Å². The maximum absolute atomic E-state index is 14.0. The van der Waals surface area contributed by atoms with Crippen LogP contribution < -0.4 is 4.90 Å². The number of hydrogen-bond donors (Lipinski definition) is 0. The summed E-state index contributed by atoms with van der Waals surface area (Å²) in [4.78, 5) is 20.7. The minimum absolute atomic E-state index is 0.0871. The second-order valence-corrected chi connectivity index (χ2v) is 12.5. The van der Waals surface area contributed by atoms with Crippen molar-refractivity contribution in [1.82, 2.24) is 9.29 Å². The first kappa shape index (κ1) is 24.6. The molecule has 0 aliphatic carbocycles. The molecule has 0 radical (unpaired) electrons. The number of thiazole rings is 1. The number of ether oxygens (including phenoxy) is 1. The third kappa shape index (κ3) is 4.72. The topological polar surface area (TPSA) is 79.8 Å². The van der Waals surface area contributed by atoms with E-state index in [1.54, 1.807) is 17.0 Å². The summed E-state index contributed by atoms with van der Waals surface area (Å²) in [7, 11) is -3.85. The highest BCUT2D eigenvalue weighted by atomic mass is 35.5. The third-order valence-corrected chi connectivity index (χ3v) is 10.1. The van der Waals surface area contributed by atoms with E-state index in [0.717, 1.165) is 34.2 Å². The summed E-state index contributed by atoms with van der Waals surface area (Å²) in [5.41, 5.74) is 3.03. The van der Waals surface area contributed by atoms with Gasteiger partial charge in [0.1, 0.15) is 6.04 Å². The fourth-order valence-electron chi connectivity index (χ4n) is 4.81. The lowest BCUT2D eigenvalue weighted by Crippen LogP contribution is -2.49. The van der Waals surface area contributed by atoms with E-state index in [0.29, 0.717) is 42.7 Å². The Balaban J connectivity index is 1.51. The van der Waals surface area contributed by atoms with Gasteiger partial charge in [0.15, 0.2) is 5.13 Å². The molecular formula is C25H28ClN3O4S2. The Morgan fingerprint density at radius 1 is 1.14 bits per heavy atom. The number of sulfonamides is 1. The Bertz CT molecular complexity index is 1310. The van der Waals surface area contributed by atoms with Gasteiger partial charge < -0.3 is 4.74 Å². The molecule has 0 bridgehead atoms. The quantitative estimate of drug-likeness (QED) is 0.449. The van der Waals surface area contributed by atoms with Gasteiger partial charge in [-0.2, -0.15) is 4.31 Å². The maximum Gasteiger partial charge on any atom is 0.247 e. The van der Waals surface area contributed by atoms with E-state index in [9.17, 15) is 13.2 Å². The highest BCUT2D eigenvalue weighted by Gasteiger charge is 2.42. The lowest BCUT2D eigenvalue weighted by atomic mass is 10.1. The van der Waals surface area contributed by atoms with Gasteiger partial charge in [-0.15, -0.1) is 0 Å². The van der Waals surface area contributed by atoms with Gasteiger partial charge in [-0.05, 0) is 74.9 Å². The molecule has 7 nitrogen and oxygen atoms in total. The van der Waals surface area contributed by atoms with E-state index in [1.807, 2.05) is 19.9 Å². The molecule has 2 atom stereocenters. The zero-order valence-electron chi connectivity index (χ0n) is 19.7. The summed E-state index contributed by atoms with van der Waals surface area (Å²) in [6.45, 7) is 5.38. The van der Waals surface area contributed by atoms with Crippen molar-refractivity contribution in [2.75, 3.05) is 24.6 Å². The van der Waals surface area contributed by atoms with Crippen LogP contribution in [0.25, 0.3) is 10.2 Å². The Hall–Kier alpha value is -2.04. The summed E-state index contributed by atoms with van der Waals surface area (Å²) < 4.78 is 35.2. The minimum Gasteiger partial charge on any atom is -0.376 e. The number of benzene rings is 2. The van der Waals surface area contributed by atoms with Crippen molar-refractivity contribution in [3.8, 4) is 0 Å². The molecule has 5 rings (SSSR count). The summed E-state index contributed by atoms with van der Waals surface area (Å²) in [5.74, 6) is -0.245. The van der Waals surface area contributed by atoms with Crippen LogP contribution in [-0.4, -0.2) is 55.5 Å². The van der Waals surface area contributed by atoms with Crippen molar-refractivity contribution in [3.63, 3.8) is 0 Å². The van der Waals surface area contributed by atoms with Crippen LogP contribution in [0.1, 0.15) is 36.8 Å². The van der Waals surface area contributed by atoms with Crippen LogP contribution >= 0.6 is 22.9 Å². The van der Waals surface area contributed by atoms with Crippen LogP contribution in [0.5, 0.6) is 0 Å². The number of aromatic nitrogens is 1. The molecule has 2 aliphatic heterocycles. The van der Waals surface area contributed by atoms with Crippen LogP contribution in [0.2, 0.25) is 5.02 Å². The van der Waals surface area contributed by atoms with Gasteiger partial charge in [0, 0.05) is 18.2 Å². The molecule has 3 heterocycles. The molecule has 3 aromatic rings. The maximum atomic E-state index is 14.0. The molecule has 1 aromatic heterocycles. The van der Waals surface area contributed by atoms with Gasteiger partial charge in [0.05, 0.1) is 27.8 Å². The molecule has 2 fully saturated rings. The average molecular weight is 534 g/mol. The fraction of sp³-hybridized carbons (Fsp3) is 0.440. The van der Waals surface area contributed by atoms with Gasteiger partial charge in [-0.25, -0.2) is 13.4 Å². The predicted molar refractivity (Wildman–Crippen MR) is 139 cm³/mol. The van der Waals surface area contributed by atoms with Gasteiger partial charge in [-0.1, -0.05) is 35.1 Å². The average Bonchev–Trinajstić information content (AvgIpc) is 3.60.